The fourth-order valence-corrected chi connectivity index (χ4v) is 2.36. The highest BCUT2D eigenvalue weighted by atomic mass is 16.4. The van der Waals surface area contributed by atoms with Gasteiger partial charge in [-0.1, -0.05) is 83.8 Å². The Morgan fingerprint density at radius 2 is 1.08 bits per heavy atom. The molecule has 144 valence electrons. The maximum atomic E-state index is 9.37. The summed E-state index contributed by atoms with van der Waals surface area (Å²) in [6.45, 7) is 4.24. The Labute approximate surface area is 150 Å². The van der Waals surface area contributed by atoms with Crippen molar-refractivity contribution in [1.82, 2.24) is 0 Å². The maximum absolute atomic E-state index is 9.37. The van der Waals surface area contributed by atoms with Crippen LogP contribution in [-0.2, 0) is 4.79 Å². The standard InChI is InChI=1S/C18H36O.C3H6O2/c1-2-3-4-5-6-7-8-9-10-11-12-13-14-15-16-17-18-19;1-2-3(4)5/h9-10,19H,2-8,11-18H2,1H3;2H2,1H3,(H,4,5). The summed E-state index contributed by atoms with van der Waals surface area (Å²) in [5, 5.41) is 16.4. The number of carboxylic acid groups (broad SMARTS) is 1. The van der Waals surface area contributed by atoms with Gasteiger partial charge in [-0.3, -0.25) is 4.79 Å². The fourth-order valence-electron chi connectivity index (χ4n) is 2.36. The number of allylic oxidation sites excluding steroid dienone is 2. The molecule has 0 heterocycles. The van der Waals surface area contributed by atoms with Crippen LogP contribution in [0.25, 0.3) is 0 Å². The Balaban J connectivity index is 0. The van der Waals surface area contributed by atoms with Gasteiger partial charge in [0.15, 0.2) is 0 Å². The lowest BCUT2D eigenvalue weighted by molar-refractivity contribution is -0.136. The van der Waals surface area contributed by atoms with E-state index in [4.69, 9.17) is 10.2 Å². The van der Waals surface area contributed by atoms with E-state index in [1.165, 1.54) is 83.5 Å². The molecule has 24 heavy (non-hydrogen) atoms. The predicted molar refractivity (Wildman–Crippen MR) is 104 cm³/mol. The molecule has 0 radical (unpaired) electrons. The Morgan fingerprint density at radius 1 is 0.708 bits per heavy atom. The van der Waals surface area contributed by atoms with Crippen LogP contribution in [0.3, 0.4) is 0 Å². The van der Waals surface area contributed by atoms with Gasteiger partial charge in [0, 0.05) is 13.0 Å². The van der Waals surface area contributed by atoms with Gasteiger partial charge in [-0.25, -0.2) is 0 Å². The Morgan fingerprint density at radius 3 is 1.46 bits per heavy atom. The highest BCUT2D eigenvalue weighted by Gasteiger charge is 1.90. The highest BCUT2D eigenvalue weighted by molar-refractivity contribution is 5.66. The molecule has 0 saturated heterocycles. The van der Waals surface area contributed by atoms with Crippen molar-refractivity contribution in [1.29, 1.82) is 0 Å². The second kappa shape index (κ2) is 24.4. The first-order chi connectivity index (χ1) is 11.7. The zero-order chi connectivity index (χ0) is 18.3. The molecule has 3 nitrogen and oxygen atoms in total. The molecule has 0 aliphatic rings. The van der Waals surface area contributed by atoms with Crippen molar-refractivity contribution in [3.8, 4) is 0 Å². The summed E-state index contributed by atoms with van der Waals surface area (Å²) in [4.78, 5) is 9.37. The first-order valence-electron chi connectivity index (χ1n) is 10.2. The van der Waals surface area contributed by atoms with Crippen LogP contribution in [0.5, 0.6) is 0 Å². The molecule has 0 aromatic heterocycles. The van der Waals surface area contributed by atoms with Gasteiger partial charge in [0.25, 0.3) is 0 Å². The molecular weight excluding hydrogens is 300 g/mol. The van der Waals surface area contributed by atoms with E-state index in [2.05, 4.69) is 19.1 Å². The topological polar surface area (TPSA) is 57.5 Å². The lowest BCUT2D eigenvalue weighted by atomic mass is 10.1. The number of carboxylic acids is 1. The Kier molecular flexibility index (Phi) is 25.9. The number of aliphatic hydroxyl groups is 1. The average Bonchev–Trinajstić information content (AvgIpc) is 2.59. The van der Waals surface area contributed by atoms with E-state index in [1.807, 2.05) is 0 Å². The van der Waals surface area contributed by atoms with Crippen molar-refractivity contribution >= 4 is 5.97 Å². The lowest BCUT2D eigenvalue weighted by Crippen LogP contribution is -1.86. The SMILES string of the molecule is CCC(=O)O.CCCCCCCCC=CCCCCCCCCO. The van der Waals surface area contributed by atoms with Crippen LogP contribution in [0.4, 0.5) is 0 Å². The van der Waals surface area contributed by atoms with Crippen molar-refractivity contribution < 1.29 is 15.0 Å². The molecule has 0 fully saturated rings. The first-order valence-corrected chi connectivity index (χ1v) is 10.2. The van der Waals surface area contributed by atoms with Crippen molar-refractivity contribution in [2.24, 2.45) is 0 Å². The van der Waals surface area contributed by atoms with Crippen LogP contribution in [0, 0.1) is 0 Å². The monoisotopic (exact) mass is 342 g/mol. The zero-order valence-electron chi connectivity index (χ0n) is 16.3. The quantitative estimate of drug-likeness (QED) is 0.249. The number of carbonyl (C=O) groups is 1. The molecular formula is C21H42O3. The van der Waals surface area contributed by atoms with E-state index in [9.17, 15) is 4.79 Å². The minimum absolute atomic E-state index is 0.222. The van der Waals surface area contributed by atoms with Crippen molar-refractivity contribution in [3.63, 3.8) is 0 Å². The minimum atomic E-state index is -0.745. The van der Waals surface area contributed by atoms with E-state index in [1.54, 1.807) is 6.92 Å². The van der Waals surface area contributed by atoms with Gasteiger partial charge in [0.1, 0.15) is 0 Å². The summed E-state index contributed by atoms with van der Waals surface area (Å²) in [5.74, 6) is -0.745. The number of hydrogen-bond acceptors (Lipinski definition) is 2. The Bertz CT molecular complexity index is 262. The summed E-state index contributed by atoms with van der Waals surface area (Å²) in [5.41, 5.74) is 0. The van der Waals surface area contributed by atoms with Crippen LogP contribution in [0.1, 0.15) is 110 Å². The normalized spacial score (nSPS) is 10.6. The maximum Gasteiger partial charge on any atom is 0.303 e. The van der Waals surface area contributed by atoms with Crippen LogP contribution < -0.4 is 0 Å². The largest absolute Gasteiger partial charge is 0.481 e. The zero-order valence-corrected chi connectivity index (χ0v) is 16.3. The second-order valence-electron chi connectivity index (χ2n) is 6.41. The van der Waals surface area contributed by atoms with E-state index in [-0.39, 0.29) is 6.42 Å². The predicted octanol–water partition coefficient (Wildman–Crippen LogP) is 6.50. The molecule has 2 N–H and O–H groups in total. The molecule has 0 atom stereocenters. The number of aliphatic hydroxyl groups excluding tert-OH is 1. The van der Waals surface area contributed by atoms with Gasteiger partial charge >= 0.3 is 5.97 Å². The third kappa shape index (κ3) is 29.2. The number of unbranched alkanes of at least 4 members (excludes halogenated alkanes) is 12. The molecule has 0 aliphatic heterocycles. The molecule has 0 rings (SSSR count). The van der Waals surface area contributed by atoms with Crippen molar-refractivity contribution in [3.05, 3.63) is 12.2 Å². The summed E-state index contributed by atoms with van der Waals surface area (Å²) < 4.78 is 0. The Hall–Kier alpha value is -0.830. The van der Waals surface area contributed by atoms with Crippen LogP contribution in [0.15, 0.2) is 12.2 Å². The highest BCUT2D eigenvalue weighted by Crippen LogP contribution is 2.09. The van der Waals surface area contributed by atoms with Gasteiger partial charge < -0.3 is 10.2 Å². The van der Waals surface area contributed by atoms with Crippen LogP contribution >= 0.6 is 0 Å². The molecule has 0 bridgehead atoms. The van der Waals surface area contributed by atoms with Crippen LogP contribution in [-0.4, -0.2) is 22.8 Å². The smallest absolute Gasteiger partial charge is 0.303 e. The van der Waals surface area contributed by atoms with Gasteiger partial charge in [0.05, 0.1) is 0 Å². The van der Waals surface area contributed by atoms with Crippen molar-refractivity contribution in [2.75, 3.05) is 6.61 Å². The first kappa shape index (κ1) is 25.4. The second-order valence-corrected chi connectivity index (χ2v) is 6.41. The number of aliphatic carboxylic acids is 1. The van der Waals surface area contributed by atoms with E-state index in [0.717, 1.165) is 6.42 Å². The fraction of sp³-hybridized carbons (Fsp3) is 0.857. The lowest BCUT2D eigenvalue weighted by Gasteiger charge is -1.99. The third-order valence-corrected chi connectivity index (χ3v) is 3.97. The van der Waals surface area contributed by atoms with E-state index >= 15 is 0 Å². The summed E-state index contributed by atoms with van der Waals surface area (Å²) >= 11 is 0. The summed E-state index contributed by atoms with van der Waals surface area (Å²) in [6.07, 6.45) is 23.4. The van der Waals surface area contributed by atoms with Gasteiger partial charge in [-0.2, -0.15) is 0 Å². The van der Waals surface area contributed by atoms with Gasteiger partial charge in [0.2, 0.25) is 0 Å². The summed E-state index contributed by atoms with van der Waals surface area (Å²) in [7, 11) is 0. The minimum Gasteiger partial charge on any atom is -0.481 e. The van der Waals surface area contributed by atoms with Gasteiger partial charge in [-0.15, -0.1) is 0 Å². The molecule has 0 spiro atoms. The average molecular weight is 343 g/mol. The van der Waals surface area contributed by atoms with Crippen molar-refractivity contribution in [2.45, 2.75) is 110 Å². The third-order valence-electron chi connectivity index (χ3n) is 3.97. The molecule has 0 aliphatic carbocycles. The number of rotatable bonds is 16. The molecule has 0 amide bonds. The molecule has 0 unspecified atom stereocenters. The molecule has 0 aromatic carbocycles. The molecule has 3 heteroatoms. The van der Waals surface area contributed by atoms with Crippen LogP contribution in [0.2, 0.25) is 0 Å². The molecule has 0 saturated carbocycles. The van der Waals surface area contributed by atoms with Gasteiger partial charge in [-0.05, 0) is 32.1 Å². The molecule has 0 aromatic rings. The van der Waals surface area contributed by atoms with E-state index < -0.39 is 5.97 Å². The number of hydrogen-bond donors (Lipinski definition) is 2. The van der Waals surface area contributed by atoms with E-state index in [0.29, 0.717) is 6.61 Å². The summed E-state index contributed by atoms with van der Waals surface area (Å²) in [6, 6.07) is 0.